The van der Waals surface area contributed by atoms with Crippen LogP contribution in [0.3, 0.4) is 0 Å². The Hall–Kier alpha value is -2.04. The molecule has 1 aromatic carbocycles. The molecule has 3 amide bonds. The number of carbonyl (C=O) groups is 2. The Morgan fingerprint density at radius 3 is 2.48 bits per heavy atom. The molecule has 23 heavy (non-hydrogen) atoms. The van der Waals surface area contributed by atoms with Crippen LogP contribution in [0.5, 0.6) is 0 Å². The summed E-state index contributed by atoms with van der Waals surface area (Å²) in [6.07, 6.45) is 3.44. The minimum absolute atomic E-state index is 0.0447. The molecule has 126 valence electrons. The van der Waals surface area contributed by atoms with Gasteiger partial charge in [0.05, 0.1) is 0 Å². The Bertz CT molecular complexity index is 504. The highest BCUT2D eigenvalue weighted by Crippen LogP contribution is 2.08. The summed E-state index contributed by atoms with van der Waals surface area (Å²) >= 11 is 0. The number of urea groups is 1. The summed E-state index contributed by atoms with van der Waals surface area (Å²) in [6.45, 7) is 5.34. The van der Waals surface area contributed by atoms with Gasteiger partial charge in [0.15, 0.2) is 0 Å². The highest BCUT2D eigenvalue weighted by Gasteiger charge is 2.21. The molecule has 1 saturated heterocycles. The summed E-state index contributed by atoms with van der Waals surface area (Å²) in [4.78, 5) is 28.1. The fourth-order valence-corrected chi connectivity index (χ4v) is 2.74. The van der Waals surface area contributed by atoms with Crippen LogP contribution >= 0.6 is 0 Å². The van der Waals surface area contributed by atoms with E-state index in [0.717, 1.165) is 31.4 Å². The van der Waals surface area contributed by atoms with Gasteiger partial charge in [-0.05, 0) is 18.4 Å². The number of unbranched alkanes of at least 4 members (excludes halogenated alkanes) is 1. The van der Waals surface area contributed by atoms with Gasteiger partial charge in [-0.25, -0.2) is 4.79 Å². The number of nitrogens with zero attached hydrogens (tertiary/aromatic N) is 2. The van der Waals surface area contributed by atoms with Crippen LogP contribution in [0.2, 0.25) is 0 Å². The first kappa shape index (κ1) is 17.3. The predicted octanol–water partition coefficient (Wildman–Crippen LogP) is 2.62. The Kier molecular flexibility index (Phi) is 6.91. The number of benzene rings is 1. The molecule has 0 saturated carbocycles. The van der Waals surface area contributed by atoms with Crippen LogP contribution in [0.15, 0.2) is 30.3 Å². The molecule has 1 fully saturated rings. The summed E-state index contributed by atoms with van der Waals surface area (Å²) in [7, 11) is 0. The highest BCUT2D eigenvalue weighted by molar-refractivity contribution is 5.77. The molecule has 2 rings (SSSR count). The third-order valence-corrected chi connectivity index (χ3v) is 4.17. The van der Waals surface area contributed by atoms with Crippen molar-refractivity contribution in [3.05, 3.63) is 35.9 Å². The van der Waals surface area contributed by atoms with E-state index in [0.29, 0.717) is 32.6 Å². The van der Waals surface area contributed by atoms with Gasteiger partial charge in [-0.2, -0.15) is 0 Å². The smallest absolute Gasteiger partial charge is 0.317 e. The third kappa shape index (κ3) is 5.58. The summed E-state index contributed by atoms with van der Waals surface area (Å²) in [5.74, 6) is 0.221. The zero-order chi connectivity index (χ0) is 16.5. The highest BCUT2D eigenvalue weighted by atomic mass is 16.2. The molecule has 1 heterocycles. The Morgan fingerprint density at radius 2 is 1.74 bits per heavy atom. The number of hydrogen-bond acceptors (Lipinski definition) is 2. The van der Waals surface area contributed by atoms with E-state index in [1.165, 1.54) is 0 Å². The molecule has 1 aromatic rings. The molecule has 5 heteroatoms. The van der Waals surface area contributed by atoms with E-state index in [2.05, 4.69) is 12.2 Å². The van der Waals surface area contributed by atoms with E-state index in [4.69, 9.17) is 0 Å². The predicted molar refractivity (Wildman–Crippen MR) is 91.0 cm³/mol. The average Bonchev–Trinajstić information content (AvgIpc) is 2.84. The van der Waals surface area contributed by atoms with Gasteiger partial charge < -0.3 is 15.1 Å². The summed E-state index contributed by atoms with van der Waals surface area (Å²) < 4.78 is 0. The summed E-state index contributed by atoms with van der Waals surface area (Å²) in [5, 5.41) is 2.96. The maximum atomic E-state index is 12.3. The third-order valence-electron chi connectivity index (χ3n) is 4.17. The molecule has 1 aliphatic rings. The van der Waals surface area contributed by atoms with Crippen molar-refractivity contribution in [2.45, 2.75) is 39.2 Å². The lowest BCUT2D eigenvalue weighted by Gasteiger charge is -2.22. The van der Waals surface area contributed by atoms with Crippen molar-refractivity contribution in [1.29, 1.82) is 0 Å². The molecular formula is C18H27N3O2. The standard InChI is InChI=1S/C18H27N3O2/c1-2-3-10-17(22)20-11-7-12-21(14-13-20)18(23)19-15-16-8-5-4-6-9-16/h4-6,8-9H,2-3,7,10-15H2,1H3,(H,19,23). The second-order valence-electron chi connectivity index (χ2n) is 5.97. The zero-order valence-corrected chi connectivity index (χ0v) is 14.0. The van der Waals surface area contributed by atoms with Crippen molar-refractivity contribution in [2.75, 3.05) is 26.2 Å². The van der Waals surface area contributed by atoms with Gasteiger partial charge in [0.2, 0.25) is 5.91 Å². The molecule has 1 aliphatic heterocycles. The SMILES string of the molecule is CCCCC(=O)N1CCCN(C(=O)NCc2ccccc2)CC1. The van der Waals surface area contributed by atoms with E-state index in [1.54, 1.807) is 0 Å². The van der Waals surface area contributed by atoms with Crippen molar-refractivity contribution < 1.29 is 9.59 Å². The maximum absolute atomic E-state index is 12.3. The summed E-state index contributed by atoms with van der Waals surface area (Å²) in [6, 6.07) is 9.84. The van der Waals surface area contributed by atoms with Gasteiger partial charge in [0.25, 0.3) is 0 Å². The van der Waals surface area contributed by atoms with Gasteiger partial charge in [-0.3, -0.25) is 4.79 Å². The van der Waals surface area contributed by atoms with Crippen LogP contribution in [-0.2, 0) is 11.3 Å². The van der Waals surface area contributed by atoms with Crippen LogP contribution in [-0.4, -0.2) is 47.9 Å². The van der Waals surface area contributed by atoms with E-state index in [9.17, 15) is 9.59 Å². The van der Waals surface area contributed by atoms with E-state index < -0.39 is 0 Å². The molecule has 5 nitrogen and oxygen atoms in total. The van der Waals surface area contributed by atoms with Crippen molar-refractivity contribution >= 4 is 11.9 Å². The number of nitrogens with one attached hydrogen (secondary N) is 1. The molecule has 1 N–H and O–H groups in total. The topological polar surface area (TPSA) is 52.7 Å². The van der Waals surface area contributed by atoms with Crippen LogP contribution in [0.1, 0.15) is 38.2 Å². The average molecular weight is 317 g/mol. The van der Waals surface area contributed by atoms with E-state index in [-0.39, 0.29) is 11.9 Å². The maximum Gasteiger partial charge on any atom is 0.317 e. The molecule has 0 bridgehead atoms. The second-order valence-corrected chi connectivity index (χ2v) is 5.97. The van der Waals surface area contributed by atoms with Gasteiger partial charge in [0, 0.05) is 39.1 Å². The van der Waals surface area contributed by atoms with Crippen molar-refractivity contribution in [3.63, 3.8) is 0 Å². The van der Waals surface area contributed by atoms with Crippen LogP contribution in [0, 0.1) is 0 Å². The Balaban J connectivity index is 1.78. The summed E-state index contributed by atoms with van der Waals surface area (Å²) in [5.41, 5.74) is 1.09. The molecule has 0 radical (unpaired) electrons. The first-order valence-electron chi connectivity index (χ1n) is 8.55. The van der Waals surface area contributed by atoms with E-state index in [1.807, 2.05) is 40.1 Å². The first-order valence-corrected chi connectivity index (χ1v) is 8.55. The number of amides is 3. The number of rotatable bonds is 5. The molecule has 0 spiro atoms. The Labute approximate surface area is 138 Å². The monoisotopic (exact) mass is 317 g/mol. The second kappa shape index (κ2) is 9.18. The van der Waals surface area contributed by atoms with Gasteiger partial charge in [0.1, 0.15) is 0 Å². The fourth-order valence-electron chi connectivity index (χ4n) is 2.74. The largest absolute Gasteiger partial charge is 0.341 e. The van der Waals surface area contributed by atoms with Crippen LogP contribution < -0.4 is 5.32 Å². The fraction of sp³-hybridized carbons (Fsp3) is 0.556. The lowest BCUT2D eigenvalue weighted by atomic mass is 10.2. The zero-order valence-electron chi connectivity index (χ0n) is 14.0. The normalized spacial score (nSPS) is 15.2. The van der Waals surface area contributed by atoms with Crippen molar-refractivity contribution in [2.24, 2.45) is 0 Å². The van der Waals surface area contributed by atoms with Gasteiger partial charge in [-0.1, -0.05) is 43.7 Å². The first-order chi connectivity index (χ1) is 11.2. The minimum Gasteiger partial charge on any atom is -0.341 e. The molecular weight excluding hydrogens is 290 g/mol. The van der Waals surface area contributed by atoms with Crippen LogP contribution in [0.25, 0.3) is 0 Å². The van der Waals surface area contributed by atoms with Crippen LogP contribution in [0.4, 0.5) is 4.79 Å². The van der Waals surface area contributed by atoms with E-state index >= 15 is 0 Å². The number of hydrogen-bond donors (Lipinski definition) is 1. The van der Waals surface area contributed by atoms with Gasteiger partial charge >= 0.3 is 6.03 Å². The molecule has 0 aromatic heterocycles. The molecule has 0 aliphatic carbocycles. The van der Waals surface area contributed by atoms with Crippen molar-refractivity contribution in [3.8, 4) is 0 Å². The lowest BCUT2D eigenvalue weighted by Crippen LogP contribution is -2.42. The molecule has 0 unspecified atom stereocenters. The molecule has 0 atom stereocenters. The van der Waals surface area contributed by atoms with Gasteiger partial charge in [-0.15, -0.1) is 0 Å². The number of carbonyl (C=O) groups excluding carboxylic acids is 2. The lowest BCUT2D eigenvalue weighted by molar-refractivity contribution is -0.131. The Morgan fingerprint density at radius 1 is 1.04 bits per heavy atom. The quantitative estimate of drug-likeness (QED) is 0.907. The van der Waals surface area contributed by atoms with Crippen molar-refractivity contribution in [1.82, 2.24) is 15.1 Å². The minimum atomic E-state index is -0.0447.